The molecule has 0 saturated carbocycles. The topological polar surface area (TPSA) is 77.6 Å². The van der Waals surface area contributed by atoms with Gasteiger partial charge in [0, 0.05) is 19.3 Å². The van der Waals surface area contributed by atoms with E-state index in [4.69, 9.17) is 11.6 Å². The van der Waals surface area contributed by atoms with Gasteiger partial charge < -0.3 is 5.32 Å². The van der Waals surface area contributed by atoms with Crippen molar-refractivity contribution in [2.75, 3.05) is 0 Å². The van der Waals surface area contributed by atoms with Crippen LogP contribution in [0.3, 0.4) is 0 Å². The van der Waals surface area contributed by atoms with Crippen LogP contribution in [-0.4, -0.2) is 30.5 Å². The standard InChI is InChI=1S/C12H17ClN6O/c1-4-18-6-9(13)10(17-18)12(20)16-8(3)11-14-7-15-19(11)5-2/h6-8H,4-5H2,1-3H3,(H,16,20). The zero-order valence-electron chi connectivity index (χ0n) is 11.7. The van der Waals surface area contributed by atoms with E-state index in [0.29, 0.717) is 23.9 Å². The molecular formula is C12H17ClN6O. The largest absolute Gasteiger partial charge is 0.341 e. The number of carbonyl (C=O) groups excluding carboxylic acids is 1. The van der Waals surface area contributed by atoms with E-state index in [0.717, 1.165) is 0 Å². The molecule has 1 unspecified atom stereocenters. The Labute approximate surface area is 121 Å². The molecule has 0 radical (unpaired) electrons. The molecular weight excluding hydrogens is 280 g/mol. The van der Waals surface area contributed by atoms with E-state index < -0.39 is 0 Å². The Bertz CT molecular complexity index is 605. The lowest BCUT2D eigenvalue weighted by molar-refractivity contribution is 0.0931. The van der Waals surface area contributed by atoms with Gasteiger partial charge in [0.1, 0.15) is 12.2 Å². The second-order valence-corrected chi connectivity index (χ2v) is 4.72. The maximum atomic E-state index is 12.2. The number of rotatable bonds is 5. The van der Waals surface area contributed by atoms with E-state index in [1.807, 2.05) is 20.8 Å². The van der Waals surface area contributed by atoms with Crippen LogP contribution in [-0.2, 0) is 13.1 Å². The van der Waals surface area contributed by atoms with Crippen molar-refractivity contribution >= 4 is 17.5 Å². The van der Waals surface area contributed by atoms with Gasteiger partial charge in [0.25, 0.3) is 5.91 Å². The van der Waals surface area contributed by atoms with Crippen molar-refractivity contribution in [1.82, 2.24) is 29.9 Å². The highest BCUT2D eigenvalue weighted by Crippen LogP contribution is 2.16. The first-order valence-electron chi connectivity index (χ1n) is 6.48. The van der Waals surface area contributed by atoms with Crippen LogP contribution in [0.4, 0.5) is 0 Å². The van der Waals surface area contributed by atoms with Gasteiger partial charge in [-0.3, -0.25) is 9.48 Å². The SMILES string of the molecule is CCn1cc(Cl)c(C(=O)NC(C)c2ncnn2CC)n1. The summed E-state index contributed by atoms with van der Waals surface area (Å²) in [6.07, 6.45) is 3.11. The summed E-state index contributed by atoms with van der Waals surface area (Å²) in [5.74, 6) is 0.382. The van der Waals surface area contributed by atoms with Crippen molar-refractivity contribution in [3.05, 3.63) is 29.1 Å². The Morgan fingerprint density at radius 1 is 1.45 bits per heavy atom. The van der Waals surface area contributed by atoms with Crippen LogP contribution in [0.25, 0.3) is 0 Å². The van der Waals surface area contributed by atoms with Gasteiger partial charge in [-0.25, -0.2) is 9.67 Å². The fraction of sp³-hybridized carbons (Fsp3) is 0.500. The lowest BCUT2D eigenvalue weighted by Crippen LogP contribution is -2.29. The minimum atomic E-state index is -0.319. The summed E-state index contributed by atoms with van der Waals surface area (Å²) in [6.45, 7) is 7.09. The van der Waals surface area contributed by atoms with E-state index in [-0.39, 0.29) is 17.6 Å². The molecule has 2 heterocycles. The van der Waals surface area contributed by atoms with Crippen LogP contribution in [0, 0.1) is 0 Å². The van der Waals surface area contributed by atoms with Gasteiger partial charge in [0.15, 0.2) is 5.69 Å². The zero-order chi connectivity index (χ0) is 14.7. The molecule has 1 N–H and O–H groups in total. The lowest BCUT2D eigenvalue weighted by atomic mass is 10.3. The van der Waals surface area contributed by atoms with Crippen LogP contribution >= 0.6 is 11.6 Å². The Hall–Kier alpha value is -1.89. The third-order valence-electron chi connectivity index (χ3n) is 2.94. The van der Waals surface area contributed by atoms with Crippen LogP contribution in [0.15, 0.2) is 12.5 Å². The fourth-order valence-electron chi connectivity index (χ4n) is 1.89. The van der Waals surface area contributed by atoms with Crippen molar-refractivity contribution in [2.24, 2.45) is 0 Å². The average Bonchev–Trinajstić information content (AvgIpc) is 3.04. The summed E-state index contributed by atoms with van der Waals surface area (Å²) < 4.78 is 3.35. The number of carbonyl (C=O) groups is 1. The summed E-state index contributed by atoms with van der Waals surface area (Å²) in [5.41, 5.74) is 0.225. The number of amides is 1. The molecule has 0 aliphatic carbocycles. The minimum Gasteiger partial charge on any atom is -0.341 e. The first-order chi connectivity index (χ1) is 9.56. The molecule has 0 saturated heterocycles. The molecule has 2 aromatic rings. The third-order valence-corrected chi connectivity index (χ3v) is 3.21. The van der Waals surface area contributed by atoms with Crippen LogP contribution < -0.4 is 5.32 Å². The molecule has 8 heteroatoms. The van der Waals surface area contributed by atoms with Crippen molar-refractivity contribution in [1.29, 1.82) is 0 Å². The Balaban J connectivity index is 2.13. The Morgan fingerprint density at radius 2 is 2.20 bits per heavy atom. The smallest absolute Gasteiger partial charge is 0.273 e. The summed E-state index contributed by atoms with van der Waals surface area (Å²) in [6, 6.07) is -0.271. The quantitative estimate of drug-likeness (QED) is 0.910. The monoisotopic (exact) mass is 296 g/mol. The summed E-state index contributed by atoms with van der Waals surface area (Å²) in [7, 11) is 0. The summed E-state index contributed by atoms with van der Waals surface area (Å²) in [4.78, 5) is 16.3. The highest BCUT2D eigenvalue weighted by molar-refractivity contribution is 6.33. The van der Waals surface area contributed by atoms with Gasteiger partial charge in [0.05, 0.1) is 11.1 Å². The molecule has 20 heavy (non-hydrogen) atoms. The Morgan fingerprint density at radius 3 is 2.80 bits per heavy atom. The predicted octanol–water partition coefficient (Wildman–Crippen LogP) is 1.66. The zero-order valence-corrected chi connectivity index (χ0v) is 12.4. The molecule has 0 spiro atoms. The van der Waals surface area contributed by atoms with Gasteiger partial charge in [-0.1, -0.05) is 11.6 Å². The number of aromatic nitrogens is 5. The minimum absolute atomic E-state index is 0.225. The number of nitrogens with one attached hydrogen (secondary N) is 1. The summed E-state index contributed by atoms with van der Waals surface area (Å²) in [5, 5.41) is 11.4. The molecule has 0 bridgehead atoms. The second-order valence-electron chi connectivity index (χ2n) is 4.31. The van der Waals surface area contributed by atoms with Crippen molar-refractivity contribution < 1.29 is 4.79 Å². The lowest BCUT2D eigenvalue weighted by Gasteiger charge is -2.13. The maximum Gasteiger partial charge on any atom is 0.273 e. The van der Waals surface area contributed by atoms with Gasteiger partial charge in [0.2, 0.25) is 0 Å². The van der Waals surface area contributed by atoms with Crippen LogP contribution in [0.2, 0.25) is 5.02 Å². The van der Waals surface area contributed by atoms with Gasteiger partial charge in [-0.05, 0) is 20.8 Å². The highest BCUT2D eigenvalue weighted by atomic mass is 35.5. The molecule has 1 amide bonds. The normalized spacial score (nSPS) is 12.4. The molecule has 2 aromatic heterocycles. The number of hydrogen-bond acceptors (Lipinski definition) is 4. The molecule has 0 aliphatic heterocycles. The third kappa shape index (κ3) is 2.82. The maximum absolute atomic E-state index is 12.2. The molecule has 1 atom stereocenters. The van der Waals surface area contributed by atoms with Gasteiger partial charge in [-0.2, -0.15) is 10.2 Å². The van der Waals surface area contributed by atoms with Crippen molar-refractivity contribution in [3.63, 3.8) is 0 Å². The number of nitrogens with zero attached hydrogens (tertiary/aromatic N) is 5. The highest BCUT2D eigenvalue weighted by Gasteiger charge is 2.20. The second kappa shape index (κ2) is 6.04. The molecule has 0 aromatic carbocycles. The number of aryl methyl sites for hydroxylation is 2. The van der Waals surface area contributed by atoms with Gasteiger partial charge >= 0.3 is 0 Å². The van der Waals surface area contributed by atoms with E-state index in [2.05, 4.69) is 20.5 Å². The predicted molar refractivity (Wildman–Crippen MR) is 74.5 cm³/mol. The molecule has 108 valence electrons. The van der Waals surface area contributed by atoms with Gasteiger partial charge in [-0.15, -0.1) is 0 Å². The van der Waals surface area contributed by atoms with E-state index in [1.165, 1.54) is 6.33 Å². The van der Waals surface area contributed by atoms with Crippen molar-refractivity contribution in [3.8, 4) is 0 Å². The molecule has 7 nitrogen and oxygen atoms in total. The first kappa shape index (κ1) is 14.5. The van der Waals surface area contributed by atoms with Crippen molar-refractivity contribution in [2.45, 2.75) is 39.9 Å². The average molecular weight is 297 g/mol. The summed E-state index contributed by atoms with van der Waals surface area (Å²) >= 11 is 6.01. The van der Waals surface area contributed by atoms with E-state index >= 15 is 0 Å². The molecule has 2 rings (SSSR count). The number of halogens is 1. The number of hydrogen-bond donors (Lipinski definition) is 1. The first-order valence-corrected chi connectivity index (χ1v) is 6.86. The fourth-order valence-corrected chi connectivity index (χ4v) is 2.13. The van der Waals surface area contributed by atoms with E-state index in [9.17, 15) is 4.79 Å². The molecule has 0 aliphatic rings. The molecule has 0 fully saturated rings. The van der Waals surface area contributed by atoms with Crippen LogP contribution in [0.5, 0.6) is 0 Å². The van der Waals surface area contributed by atoms with Crippen LogP contribution in [0.1, 0.15) is 43.1 Å². The van der Waals surface area contributed by atoms with E-state index in [1.54, 1.807) is 15.6 Å². The Kier molecular flexibility index (Phi) is 4.39.